The number of likely N-dealkylation sites (N-methyl/N-ethyl adjacent to an activating group) is 1. The molecule has 98 valence electrons. The lowest BCUT2D eigenvalue weighted by Crippen LogP contribution is -2.55. The lowest BCUT2D eigenvalue weighted by atomic mass is 10.0. The Morgan fingerprint density at radius 2 is 1.94 bits per heavy atom. The van der Waals surface area contributed by atoms with Crippen LogP contribution in [-0.2, 0) is 14.4 Å². The van der Waals surface area contributed by atoms with Gasteiger partial charge in [0.15, 0.2) is 0 Å². The normalized spacial score (nSPS) is 20.9. The second-order valence-corrected chi connectivity index (χ2v) is 3.35. The third-order valence-corrected chi connectivity index (χ3v) is 2.21. The van der Waals surface area contributed by atoms with Crippen molar-refractivity contribution in [1.29, 1.82) is 0 Å². The molecule has 0 saturated carbocycles. The van der Waals surface area contributed by atoms with Crippen molar-refractivity contribution in [2.45, 2.75) is 25.1 Å². The lowest BCUT2D eigenvalue weighted by Gasteiger charge is -2.28. The SMILES string of the molecule is CN1C(=O)CC[C@H](NC(=O)C(F)(F)F)C1=O.S. The number of hydrogen-bond donors (Lipinski definition) is 1. The Morgan fingerprint density at radius 3 is 2.41 bits per heavy atom. The van der Waals surface area contributed by atoms with Gasteiger partial charge in [-0.15, -0.1) is 0 Å². The van der Waals surface area contributed by atoms with E-state index in [-0.39, 0.29) is 26.3 Å². The van der Waals surface area contributed by atoms with E-state index in [0.29, 0.717) is 4.90 Å². The average molecular weight is 272 g/mol. The second-order valence-electron chi connectivity index (χ2n) is 3.35. The fourth-order valence-corrected chi connectivity index (χ4v) is 1.29. The molecule has 1 saturated heterocycles. The van der Waals surface area contributed by atoms with Crippen LogP contribution in [0.3, 0.4) is 0 Å². The summed E-state index contributed by atoms with van der Waals surface area (Å²) in [5.41, 5.74) is 0. The van der Waals surface area contributed by atoms with Crippen LogP contribution in [0.15, 0.2) is 0 Å². The molecule has 0 spiro atoms. The highest BCUT2D eigenvalue weighted by atomic mass is 32.1. The Hall–Kier alpha value is -1.25. The molecule has 0 aliphatic carbocycles. The third-order valence-electron chi connectivity index (χ3n) is 2.21. The van der Waals surface area contributed by atoms with E-state index < -0.39 is 29.9 Å². The lowest BCUT2D eigenvalue weighted by molar-refractivity contribution is -0.175. The first kappa shape index (κ1) is 15.8. The molecule has 9 heteroatoms. The second kappa shape index (κ2) is 5.39. The van der Waals surface area contributed by atoms with Gasteiger partial charge in [-0.25, -0.2) is 0 Å². The maximum Gasteiger partial charge on any atom is 0.471 e. The van der Waals surface area contributed by atoms with E-state index in [4.69, 9.17) is 0 Å². The summed E-state index contributed by atoms with van der Waals surface area (Å²) in [7, 11) is 1.16. The maximum atomic E-state index is 11.9. The van der Waals surface area contributed by atoms with Crippen molar-refractivity contribution < 1.29 is 27.6 Å². The average Bonchev–Trinajstić information content (AvgIpc) is 2.17. The van der Waals surface area contributed by atoms with Crippen molar-refractivity contribution in [1.82, 2.24) is 10.2 Å². The van der Waals surface area contributed by atoms with Crippen LogP contribution in [0.5, 0.6) is 0 Å². The van der Waals surface area contributed by atoms with Crippen molar-refractivity contribution in [3.8, 4) is 0 Å². The number of alkyl halides is 3. The van der Waals surface area contributed by atoms with Gasteiger partial charge in [-0.3, -0.25) is 19.3 Å². The third kappa shape index (κ3) is 3.62. The van der Waals surface area contributed by atoms with Crippen molar-refractivity contribution in [3.63, 3.8) is 0 Å². The Morgan fingerprint density at radius 1 is 1.41 bits per heavy atom. The van der Waals surface area contributed by atoms with E-state index in [1.54, 1.807) is 5.32 Å². The van der Waals surface area contributed by atoms with Crippen molar-refractivity contribution >= 4 is 31.2 Å². The topological polar surface area (TPSA) is 66.5 Å². The van der Waals surface area contributed by atoms with Gasteiger partial charge in [0.1, 0.15) is 6.04 Å². The number of likely N-dealkylation sites (tertiary alicyclic amines) is 1. The number of hydrogen-bond acceptors (Lipinski definition) is 3. The molecule has 3 amide bonds. The predicted octanol–water partition coefficient (Wildman–Crippen LogP) is -0.0749. The number of carbonyl (C=O) groups is 3. The molecule has 1 aliphatic heterocycles. The van der Waals surface area contributed by atoms with E-state index in [0.717, 1.165) is 7.05 Å². The molecule has 1 atom stereocenters. The molecule has 1 N–H and O–H groups in total. The van der Waals surface area contributed by atoms with Gasteiger partial charge in [0.05, 0.1) is 0 Å². The summed E-state index contributed by atoms with van der Waals surface area (Å²) in [5.74, 6) is -3.47. The molecular formula is C8H11F3N2O3S. The highest BCUT2D eigenvalue weighted by molar-refractivity contribution is 7.59. The zero-order valence-electron chi connectivity index (χ0n) is 8.80. The molecule has 0 aromatic carbocycles. The molecule has 0 aromatic heterocycles. The number of carbonyl (C=O) groups excluding carboxylic acids is 3. The summed E-state index contributed by atoms with van der Waals surface area (Å²) < 4.78 is 35.7. The Labute approximate surface area is 102 Å². The van der Waals surface area contributed by atoms with Gasteiger partial charge in [0.2, 0.25) is 5.91 Å². The van der Waals surface area contributed by atoms with Crippen LogP contribution in [0.2, 0.25) is 0 Å². The summed E-state index contributed by atoms with van der Waals surface area (Å²) in [6.07, 6.45) is -5.20. The minimum Gasteiger partial charge on any atom is -0.336 e. The van der Waals surface area contributed by atoms with Crippen LogP contribution >= 0.6 is 13.5 Å². The largest absolute Gasteiger partial charge is 0.471 e. The fourth-order valence-electron chi connectivity index (χ4n) is 1.29. The smallest absolute Gasteiger partial charge is 0.336 e. The maximum absolute atomic E-state index is 11.9. The zero-order valence-corrected chi connectivity index (χ0v) is 9.80. The molecule has 1 fully saturated rings. The van der Waals surface area contributed by atoms with Gasteiger partial charge in [-0.1, -0.05) is 0 Å². The van der Waals surface area contributed by atoms with E-state index in [1.807, 2.05) is 0 Å². The first-order valence-electron chi connectivity index (χ1n) is 4.41. The number of amides is 3. The molecule has 17 heavy (non-hydrogen) atoms. The molecular weight excluding hydrogens is 261 g/mol. The van der Waals surface area contributed by atoms with Gasteiger partial charge < -0.3 is 5.32 Å². The van der Waals surface area contributed by atoms with E-state index in [2.05, 4.69) is 0 Å². The number of piperidine rings is 1. The van der Waals surface area contributed by atoms with Gasteiger partial charge >= 0.3 is 12.1 Å². The van der Waals surface area contributed by atoms with Crippen LogP contribution in [-0.4, -0.2) is 41.9 Å². The van der Waals surface area contributed by atoms with E-state index in [1.165, 1.54) is 0 Å². The number of nitrogens with zero attached hydrogens (tertiary/aromatic N) is 1. The molecule has 1 rings (SSSR count). The van der Waals surface area contributed by atoms with Gasteiger partial charge in [-0.2, -0.15) is 26.7 Å². The number of imide groups is 1. The van der Waals surface area contributed by atoms with E-state index >= 15 is 0 Å². The predicted molar refractivity (Wildman–Crippen MR) is 55.4 cm³/mol. The van der Waals surface area contributed by atoms with Crippen LogP contribution in [0.4, 0.5) is 13.2 Å². The fraction of sp³-hybridized carbons (Fsp3) is 0.625. The van der Waals surface area contributed by atoms with Gasteiger partial charge in [0, 0.05) is 13.5 Å². The summed E-state index contributed by atoms with van der Waals surface area (Å²) in [6, 6.07) is -1.28. The summed E-state index contributed by atoms with van der Waals surface area (Å²) in [5, 5.41) is 1.55. The Balaban J connectivity index is 0.00000256. The van der Waals surface area contributed by atoms with Gasteiger partial charge in [-0.05, 0) is 6.42 Å². The van der Waals surface area contributed by atoms with Crippen LogP contribution < -0.4 is 5.32 Å². The molecule has 0 aromatic rings. The standard InChI is InChI=1S/C8H9F3N2O3.H2S/c1-13-5(14)3-2-4(6(13)15)12-7(16)8(9,10)11;/h4H,2-3H2,1H3,(H,12,16);1H2/t4-;/m0./s1. The van der Waals surface area contributed by atoms with E-state index in [9.17, 15) is 27.6 Å². The minimum absolute atomic E-state index is 0. The number of nitrogens with one attached hydrogen (secondary N) is 1. The first-order chi connectivity index (χ1) is 7.23. The van der Waals surface area contributed by atoms with Crippen molar-refractivity contribution in [3.05, 3.63) is 0 Å². The molecule has 0 bridgehead atoms. The molecule has 0 radical (unpaired) electrons. The minimum atomic E-state index is -5.03. The molecule has 0 unspecified atom stereocenters. The Kier molecular flexibility index (Phi) is 4.99. The monoisotopic (exact) mass is 272 g/mol. The highest BCUT2D eigenvalue weighted by Crippen LogP contribution is 2.17. The first-order valence-corrected chi connectivity index (χ1v) is 4.41. The Bertz CT molecular complexity index is 345. The number of rotatable bonds is 1. The highest BCUT2D eigenvalue weighted by Gasteiger charge is 2.42. The van der Waals surface area contributed by atoms with Crippen LogP contribution in [0, 0.1) is 0 Å². The molecule has 1 aliphatic rings. The van der Waals surface area contributed by atoms with Gasteiger partial charge in [0.25, 0.3) is 5.91 Å². The number of halogens is 3. The zero-order chi connectivity index (χ0) is 12.5. The summed E-state index contributed by atoms with van der Waals surface area (Å²) >= 11 is 0. The van der Waals surface area contributed by atoms with Crippen molar-refractivity contribution in [2.24, 2.45) is 0 Å². The summed E-state index contributed by atoms with van der Waals surface area (Å²) in [6.45, 7) is 0. The quantitative estimate of drug-likeness (QED) is 0.679. The summed E-state index contributed by atoms with van der Waals surface area (Å²) in [4.78, 5) is 33.6. The molecule has 1 heterocycles. The van der Waals surface area contributed by atoms with Crippen LogP contribution in [0.1, 0.15) is 12.8 Å². The molecule has 5 nitrogen and oxygen atoms in total. The van der Waals surface area contributed by atoms with Crippen molar-refractivity contribution in [2.75, 3.05) is 7.05 Å². The van der Waals surface area contributed by atoms with Crippen LogP contribution in [0.25, 0.3) is 0 Å².